The number of nitrogens with zero attached hydrogens (tertiary/aromatic N) is 1. The van der Waals surface area contributed by atoms with Crippen LogP contribution in [0.2, 0.25) is 0 Å². The van der Waals surface area contributed by atoms with Gasteiger partial charge in [-0.25, -0.2) is 4.39 Å². The van der Waals surface area contributed by atoms with Crippen LogP contribution in [0.15, 0.2) is 42.5 Å². The van der Waals surface area contributed by atoms with E-state index in [0.717, 1.165) is 17.7 Å². The van der Waals surface area contributed by atoms with Crippen molar-refractivity contribution in [3.8, 4) is 6.07 Å². The van der Waals surface area contributed by atoms with Crippen LogP contribution in [0.4, 0.5) is 15.8 Å². The first-order valence-electron chi connectivity index (χ1n) is 5.97. The topological polar surface area (TPSA) is 61.8 Å². The van der Waals surface area contributed by atoms with Gasteiger partial charge < -0.3 is 11.1 Å². The zero-order valence-electron chi connectivity index (χ0n) is 10.4. The Hall–Kier alpha value is -2.54. The van der Waals surface area contributed by atoms with Gasteiger partial charge in [-0.3, -0.25) is 0 Å². The lowest BCUT2D eigenvalue weighted by Gasteiger charge is -2.08. The fourth-order valence-electron chi connectivity index (χ4n) is 1.82. The third-order valence-electron chi connectivity index (χ3n) is 2.80. The van der Waals surface area contributed by atoms with Gasteiger partial charge >= 0.3 is 0 Å². The molecule has 0 saturated heterocycles. The third kappa shape index (κ3) is 3.46. The van der Waals surface area contributed by atoms with Crippen molar-refractivity contribution in [2.75, 3.05) is 17.6 Å². The number of anilines is 2. The summed E-state index contributed by atoms with van der Waals surface area (Å²) in [6.07, 6.45) is 0.720. The Labute approximate surface area is 111 Å². The number of benzene rings is 2. The van der Waals surface area contributed by atoms with Crippen molar-refractivity contribution < 1.29 is 4.39 Å². The first-order valence-corrected chi connectivity index (χ1v) is 5.97. The Balaban J connectivity index is 1.93. The molecule has 0 heterocycles. The highest BCUT2D eigenvalue weighted by Gasteiger charge is 2.00. The van der Waals surface area contributed by atoms with Crippen LogP contribution in [0.5, 0.6) is 0 Å². The number of nitriles is 1. The Bertz CT molecular complexity index is 617. The molecular formula is C15H14FN3. The zero-order valence-corrected chi connectivity index (χ0v) is 10.4. The highest BCUT2D eigenvalue weighted by molar-refractivity contribution is 5.62. The molecule has 0 spiro atoms. The van der Waals surface area contributed by atoms with Gasteiger partial charge in [-0.2, -0.15) is 5.26 Å². The molecule has 0 saturated carbocycles. The highest BCUT2D eigenvalue weighted by Crippen LogP contribution is 2.17. The largest absolute Gasteiger partial charge is 0.398 e. The predicted molar refractivity (Wildman–Crippen MR) is 74.2 cm³/mol. The maximum Gasteiger partial charge on any atom is 0.123 e. The van der Waals surface area contributed by atoms with Crippen molar-refractivity contribution in [1.29, 1.82) is 5.26 Å². The van der Waals surface area contributed by atoms with E-state index in [1.54, 1.807) is 24.3 Å². The van der Waals surface area contributed by atoms with Crippen LogP contribution in [0.1, 0.15) is 11.1 Å². The number of nitrogen functional groups attached to an aromatic ring is 1. The molecule has 2 aromatic carbocycles. The van der Waals surface area contributed by atoms with Gasteiger partial charge in [-0.1, -0.05) is 12.1 Å². The van der Waals surface area contributed by atoms with Crippen LogP contribution in [0.3, 0.4) is 0 Å². The fourth-order valence-corrected chi connectivity index (χ4v) is 1.82. The smallest absolute Gasteiger partial charge is 0.123 e. The van der Waals surface area contributed by atoms with Crippen LogP contribution < -0.4 is 11.1 Å². The Morgan fingerprint density at radius 1 is 1.21 bits per heavy atom. The van der Waals surface area contributed by atoms with Gasteiger partial charge in [0.2, 0.25) is 0 Å². The first kappa shape index (κ1) is 12.9. The monoisotopic (exact) mass is 255 g/mol. The minimum atomic E-state index is -0.222. The van der Waals surface area contributed by atoms with E-state index in [1.807, 2.05) is 12.1 Å². The molecule has 4 heteroatoms. The molecule has 2 aromatic rings. The summed E-state index contributed by atoms with van der Waals surface area (Å²) in [6, 6.07) is 13.8. The molecule has 3 N–H and O–H groups in total. The van der Waals surface area contributed by atoms with E-state index in [2.05, 4.69) is 5.32 Å². The molecule has 0 bridgehead atoms. The number of hydrogen-bond acceptors (Lipinski definition) is 3. The quantitative estimate of drug-likeness (QED) is 0.826. The summed E-state index contributed by atoms with van der Waals surface area (Å²) in [6.45, 7) is 0.675. The van der Waals surface area contributed by atoms with Crippen molar-refractivity contribution in [1.82, 2.24) is 0 Å². The van der Waals surface area contributed by atoms with Crippen LogP contribution in [0.25, 0.3) is 0 Å². The summed E-state index contributed by atoms with van der Waals surface area (Å²) in [4.78, 5) is 0. The molecule has 0 fully saturated rings. The van der Waals surface area contributed by atoms with Gasteiger partial charge in [0.05, 0.1) is 11.3 Å². The predicted octanol–water partition coefficient (Wildman–Crippen LogP) is 2.93. The lowest BCUT2D eigenvalue weighted by molar-refractivity contribution is 0.625. The summed E-state index contributed by atoms with van der Waals surface area (Å²) >= 11 is 0. The van der Waals surface area contributed by atoms with Crippen molar-refractivity contribution in [2.24, 2.45) is 0 Å². The van der Waals surface area contributed by atoms with Gasteiger partial charge in [0, 0.05) is 12.2 Å². The third-order valence-corrected chi connectivity index (χ3v) is 2.80. The summed E-state index contributed by atoms with van der Waals surface area (Å²) in [7, 11) is 0. The van der Waals surface area contributed by atoms with E-state index >= 15 is 0 Å². The minimum Gasteiger partial charge on any atom is -0.398 e. The standard InChI is InChI=1S/C15H14FN3/c16-13-3-1-2-11(8-13)6-7-19-14-5-4-12(10-17)15(18)9-14/h1-5,8-9,19H,6-7,18H2. The van der Waals surface area contributed by atoms with Crippen LogP contribution in [-0.2, 0) is 6.42 Å². The van der Waals surface area contributed by atoms with E-state index in [4.69, 9.17) is 11.0 Å². The Morgan fingerprint density at radius 2 is 2.05 bits per heavy atom. The number of hydrogen-bond donors (Lipinski definition) is 2. The molecule has 96 valence electrons. The highest BCUT2D eigenvalue weighted by atomic mass is 19.1. The van der Waals surface area contributed by atoms with Gasteiger partial charge in [0.25, 0.3) is 0 Å². The molecule has 0 aliphatic rings. The molecule has 0 aliphatic heterocycles. The minimum absolute atomic E-state index is 0.222. The molecule has 0 aromatic heterocycles. The van der Waals surface area contributed by atoms with Crippen molar-refractivity contribution >= 4 is 11.4 Å². The van der Waals surface area contributed by atoms with E-state index in [-0.39, 0.29) is 5.82 Å². The molecule has 0 aliphatic carbocycles. The molecule has 2 rings (SSSR count). The van der Waals surface area contributed by atoms with Crippen LogP contribution in [0, 0.1) is 17.1 Å². The molecular weight excluding hydrogens is 241 g/mol. The average Bonchev–Trinajstić information content (AvgIpc) is 2.39. The van der Waals surface area contributed by atoms with Gasteiger partial charge in [0.15, 0.2) is 0 Å². The number of halogens is 1. The average molecular weight is 255 g/mol. The van der Waals surface area contributed by atoms with Gasteiger partial charge in [-0.15, -0.1) is 0 Å². The van der Waals surface area contributed by atoms with E-state index in [0.29, 0.717) is 17.8 Å². The van der Waals surface area contributed by atoms with Crippen molar-refractivity contribution in [2.45, 2.75) is 6.42 Å². The Morgan fingerprint density at radius 3 is 2.74 bits per heavy atom. The second kappa shape index (κ2) is 5.87. The molecule has 3 nitrogen and oxygen atoms in total. The Kier molecular flexibility index (Phi) is 3.99. The fraction of sp³-hybridized carbons (Fsp3) is 0.133. The maximum atomic E-state index is 13.0. The summed E-state index contributed by atoms with van der Waals surface area (Å²) in [5.74, 6) is -0.222. The lowest BCUT2D eigenvalue weighted by atomic mass is 10.1. The molecule has 0 amide bonds. The second-order valence-electron chi connectivity index (χ2n) is 4.22. The first-order chi connectivity index (χ1) is 9.19. The number of nitrogens with one attached hydrogen (secondary N) is 1. The number of nitrogens with two attached hydrogens (primary N) is 1. The van der Waals surface area contributed by atoms with Crippen molar-refractivity contribution in [3.63, 3.8) is 0 Å². The van der Waals surface area contributed by atoms with Gasteiger partial charge in [0.1, 0.15) is 11.9 Å². The van der Waals surface area contributed by atoms with E-state index < -0.39 is 0 Å². The lowest BCUT2D eigenvalue weighted by Crippen LogP contribution is -2.05. The summed E-state index contributed by atoms with van der Waals surface area (Å²) < 4.78 is 13.0. The summed E-state index contributed by atoms with van der Waals surface area (Å²) in [5.41, 5.74) is 8.44. The number of rotatable bonds is 4. The van der Waals surface area contributed by atoms with Gasteiger partial charge in [-0.05, 0) is 42.3 Å². The zero-order chi connectivity index (χ0) is 13.7. The van der Waals surface area contributed by atoms with Crippen LogP contribution >= 0.6 is 0 Å². The SMILES string of the molecule is N#Cc1ccc(NCCc2cccc(F)c2)cc1N. The summed E-state index contributed by atoms with van der Waals surface area (Å²) in [5, 5.41) is 12.0. The molecule has 0 atom stereocenters. The van der Waals surface area contributed by atoms with Crippen LogP contribution in [-0.4, -0.2) is 6.54 Å². The molecule has 0 unspecified atom stereocenters. The van der Waals surface area contributed by atoms with E-state index in [9.17, 15) is 4.39 Å². The van der Waals surface area contributed by atoms with E-state index in [1.165, 1.54) is 12.1 Å². The molecule has 19 heavy (non-hydrogen) atoms. The maximum absolute atomic E-state index is 13.0. The second-order valence-corrected chi connectivity index (χ2v) is 4.22. The van der Waals surface area contributed by atoms with Crippen molar-refractivity contribution in [3.05, 3.63) is 59.4 Å². The normalized spacial score (nSPS) is 9.89. The molecule has 0 radical (unpaired) electrons.